The Bertz CT molecular complexity index is 235. The maximum Gasteiger partial charge on any atom is 0.216 e. The van der Waals surface area contributed by atoms with Gasteiger partial charge in [-0.05, 0) is 18.8 Å². The molecule has 0 atom stereocenters. The molecule has 1 rings (SSSR count). The first kappa shape index (κ1) is 12.2. The van der Waals surface area contributed by atoms with Gasteiger partial charge in [-0.2, -0.15) is 0 Å². The Morgan fingerprint density at radius 1 is 1.33 bits per heavy atom. The third kappa shape index (κ3) is 6.23. The van der Waals surface area contributed by atoms with Crippen LogP contribution in [0.2, 0.25) is 0 Å². The molecule has 4 heteroatoms. The minimum atomic E-state index is 0.730. The first-order chi connectivity index (χ1) is 7.29. The maximum absolute atomic E-state index is 5.44. The van der Waals surface area contributed by atoms with Crippen LogP contribution in [0.15, 0.2) is 10.8 Å². The average molecular weight is 211 g/mol. The van der Waals surface area contributed by atoms with Crippen LogP contribution in [0.4, 0.5) is 0 Å². The lowest BCUT2D eigenvalue weighted by molar-refractivity contribution is 0.140. The molecule has 0 N–H and O–H groups in total. The molecule has 85 valence electrons. The molecule has 0 aliphatic rings. The normalized spacial score (nSPS) is 11.1. The van der Waals surface area contributed by atoms with Gasteiger partial charge in [-0.25, -0.2) is 0 Å². The topological polar surface area (TPSA) is 48.2 Å². The van der Waals surface area contributed by atoms with Crippen molar-refractivity contribution < 1.29 is 9.15 Å². The minimum absolute atomic E-state index is 0.730. The molecule has 0 spiro atoms. The molecular formula is C11H19N2O2. The Kier molecular flexibility index (Phi) is 6.00. The van der Waals surface area contributed by atoms with Crippen molar-refractivity contribution in [3.8, 4) is 0 Å². The van der Waals surface area contributed by atoms with E-state index in [2.05, 4.69) is 24.0 Å². The highest BCUT2D eigenvalue weighted by Gasteiger charge is 1.98. The fraction of sp³-hybridized carbons (Fsp3) is 0.727. The molecule has 0 saturated carbocycles. The van der Waals surface area contributed by atoms with E-state index in [9.17, 15) is 0 Å². The number of aryl methyl sites for hydroxylation is 1. The van der Waals surface area contributed by atoms with Crippen LogP contribution in [0.3, 0.4) is 0 Å². The van der Waals surface area contributed by atoms with Crippen molar-refractivity contribution in [1.82, 2.24) is 10.2 Å². The van der Waals surface area contributed by atoms with E-state index in [-0.39, 0.29) is 0 Å². The number of rotatable bonds is 8. The maximum atomic E-state index is 5.44. The van der Waals surface area contributed by atoms with Gasteiger partial charge in [0, 0.05) is 13.0 Å². The number of hydrogen-bond acceptors (Lipinski definition) is 4. The van der Waals surface area contributed by atoms with Crippen molar-refractivity contribution in [3.05, 3.63) is 18.2 Å². The quantitative estimate of drug-likeness (QED) is 0.619. The van der Waals surface area contributed by atoms with Gasteiger partial charge in [0.2, 0.25) is 12.3 Å². The summed E-state index contributed by atoms with van der Waals surface area (Å²) in [4.78, 5) is 0. The van der Waals surface area contributed by atoms with E-state index < -0.39 is 0 Å². The summed E-state index contributed by atoms with van der Waals surface area (Å²) in [7, 11) is 0. The molecular weight excluding hydrogens is 192 g/mol. The molecule has 0 fully saturated rings. The minimum Gasteiger partial charge on any atom is -0.428 e. The monoisotopic (exact) mass is 211 g/mol. The zero-order valence-electron chi connectivity index (χ0n) is 9.53. The fourth-order valence-corrected chi connectivity index (χ4v) is 1.24. The molecule has 0 aliphatic carbocycles. The van der Waals surface area contributed by atoms with Gasteiger partial charge in [0.25, 0.3) is 0 Å². The molecule has 1 radical (unpaired) electrons. The van der Waals surface area contributed by atoms with Crippen molar-refractivity contribution >= 4 is 0 Å². The molecule has 15 heavy (non-hydrogen) atoms. The first-order valence-electron chi connectivity index (χ1n) is 5.41. The summed E-state index contributed by atoms with van der Waals surface area (Å²) in [6.45, 7) is 5.78. The van der Waals surface area contributed by atoms with E-state index in [1.54, 1.807) is 0 Å². The van der Waals surface area contributed by atoms with Gasteiger partial charge in [0.1, 0.15) is 0 Å². The van der Waals surface area contributed by atoms with E-state index in [1.165, 1.54) is 12.3 Å². The van der Waals surface area contributed by atoms with Crippen LogP contribution >= 0.6 is 0 Å². The third-order valence-corrected chi connectivity index (χ3v) is 1.98. The fourth-order valence-electron chi connectivity index (χ4n) is 1.24. The van der Waals surface area contributed by atoms with Gasteiger partial charge >= 0.3 is 0 Å². The van der Waals surface area contributed by atoms with Crippen molar-refractivity contribution in [3.63, 3.8) is 0 Å². The summed E-state index contributed by atoms with van der Waals surface area (Å²) >= 11 is 0. The number of ether oxygens (including phenoxy) is 1. The summed E-state index contributed by atoms with van der Waals surface area (Å²) < 4.78 is 10.5. The van der Waals surface area contributed by atoms with Crippen LogP contribution < -0.4 is 0 Å². The van der Waals surface area contributed by atoms with Crippen molar-refractivity contribution in [2.45, 2.75) is 39.5 Å². The van der Waals surface area contributed by atoms with E-state index >= 15 is 0 Å². The number of unbranched alkanes of at least 4 members (excludes halogenated alkanes) is 2. The van der Waals surface area contributed by atoms with Crippen LogP contribution in [-0.2, 0) is 11.2 Å². The molecule has 0 aliphatic heterocycles. The first-order valence-corrected chi connectivity index (χ1v) is 5.41. The van der Waals surface area contributed by atoms with Crippen molar-refractivity contribution in [2.75, 3.05) is 13.2 Å². The van der Waals surface area contributed by atoms with Crippen molar-refractivity contribution in [1.29, 1.82) is 0 Å². The van der Waals surface area contributed by atoms with E-state index in [0.717, 1.165) is 44.8 Å². The Morgan fingerprint density at radius 3 is 2.87 bits per heavy atom. The lowest BCUT2D eigenvalue weighted by Gasteiger charge is -2.05. The second kappa shape index (κ2) is 7.40. The van der Waals surface area contributed by atoms with Gasteiger partial charge in [0.15, 0.2) is 0 Å². The summed E-state index contributed by atoms with van der Waals surface area (Å²) in [6, 6.07) is 0. The molecule has 0 bridgehead atoms. The molecule has 0 unspecified atom stereocenters. The average Bonchev–Trinajstić information content (AvgIpc) is 2.68. The van der Waals surface area contributed by atoms with Gasteiger partial charge in [-0.1, -0.05) is 20.3 Å². The molecule has 1 aromatic heterocycles. The third-order valence-electron chi connectivity index (χ3n) is 1.98. The highest BCUT2D eigenvalue weighted by Crippen LogP contribution is 2.04. The molecule has 1 heterocycles. The predicted octanol–water partition coefficient (Wildman–Crippen LogP) is 2.41. The summed E-state index contributed by atoms with van der Waals surface area (Å²) in [5.41, 5.74) is 0. The van der Waals surface area contributed by atoms with Crippen LogP contribution in [0.25, 0.3) is 0 Å². The molecule has 0 saturated heterocycles. The highest BCUT2D eigenvalue weighted by atomic mass is 16.5. The Balaban J connectivity index is 1.85. The Morgan fingerprint density at radius 2 is 2.20 bits per heavy atom. The molecule has 1 aromatic rings. The van der Waals surface area contributed by atoms with Gasteiger partial charge in [0.05, 0.1) is 6.61 Å². The summed E-state index contributed by atoms with van der Waals surface area (Å²) in [5, 5.41) is 7.45. The van der Waals surface area contributed by atoms with Gasteiger partial charge in [-0.3, -0.25) is 0 Å². The number of nitrogens with zero attached hydrogens (tertiary/aromatic N) is 2. The van der Waals surface area contributed by atoms with E-state index in [0.29, 0.717) is 0 Å². The van der Waals surface area contributed by atoms with Crippen molar-refractivity contribution in [2.24, 2.45) is 0 Å². The molecule has 0 aromatic carbocycles. The zero-order valence-corrected chi connectivity index (χ0v) is 9.53. The number of aromatic nitrogens is 2. The lowest BCUT2D eigenvalue weighted by Crippen LogP contribution is -2.01. The molecule has 4 nitrogen and oxygen atoms in total. The second-order valence-electron chi connectivity index (χ2n) is 3.90. The molecule has 0 amide bonds. The SMILES string of the molecule is C[C](C)COCCCCCc1nnco1. The second-order valence-corrected chi connectivity index (χ2v) is 3.90. The lowest BCUT2D eigenvalue weighted by atomic mass is 10.2. The van der Waals surface area contributed by atoms with E-state index in [4.69, 9.17) is 9.15 Å². The zero-order chi connectivity index (χ0) is 10.9. The summed E-state index contributed by atoms with van der Waals surface area (Å²) in [5.74, 6) is 2.05. The van der Waals surface area contributed by atoms with E-state index in [1.807, 2.05) is 0 Å². The smallest absolute Gasteiger partial charge is 0.216 e. The largest absolute Gasteiger partial charge is 0.428 e. The Hall–Kier alpha value is -0.900. The van der Waals surface area contributed by atoms with Crippen LogP contribution in [0.5, 0.6) is 0 Å². The van der Waals surface area contributed by atoms with Crippen LogP contribution in [-0.4, -0.2) is 23.4 Å². The Labute approximate surface area is 91.0 Å². The standard InChI is InChI=1S/C11H19N2O2/c1-10(2)8-14-7-5-3-4-6-11-13-12-9-15-11/h9H,3-8H2,1-2H3. The highest BCUT2D eigenvalue weighted by molar-refractivity contribution is 4.75. The van der Waals surface area contributed by atoms with Crippen LogP contribution in [0.1, 0.15) is 39.0 Å². The summed E-state index contributed by atoms with van der Waals surface area (Å²) in [6.07, 6.45) is 5.57. The predicted molar refractivity (Wildman–Crippen MR) is 57.3 cm³/mol. The van der Waals surface area contributed by atoms with Crippen LogP contribution in [0, 0.1) is 5.92 Å². The number of hydrogen-bond donors (Lipinski definition) is 0. The van der Waals surface area contributed by atoms with Gasteiger partial charge < -0.3 is 9.15 Å². The van der Waals surface area contributed by atoms with Gasteiger partial charge in [-0.15, -0.1) is 10.2 Å².